The number of amides is 1. The maximum absolute atomic E-state index is 12.8. The van der Waals surface area contributed by atoms with Crippen LogP contribution in [0.4, 0.5) is 10.1 Å². The normalized spacial score (nSPS) is 11.8. The Kier molecular flexibility index (Phi) is 5.95. The first-order chi connectivity index (χ1) is 10.5. The average molecular weight is 365 g/mol. The molecule has 0 aliphatic heterocycles. The molecule has 0 heterocycles. The Morgan fingerprint density at radius 3 is 2.41 bits per heavy atom. The molecule has 1 unspecified atom stereocenters. The van der Waals surface area contributed by atoms with Crippen molar-refractivity contribution in [2.75, 3.05) is 11.9 Å². The molecular weight excluding hydrogens is 347 g/mol. The molecule has 0 bridgehead atoms. The van der Waals surface area contributed by atoms with E-state index in [0.29, 0.717) is 13.0 Å². The molecule has 3 nitrogen and oxygen atoms in total. The highest BCUT2D eigenvalue weighted by Crippen LogP contribution is 2.14. The molecule has 0 aliphatic carbocycles. The number of nitrogens with one attached hydrogen (secondary N) is 2. The Balaban J connectivity index is 1.76. The molecule has 0 aromatic heterocycles. The van der Waals surface area contributed by atoms with Crippen LogP contribution in [-0.4, -0.2) is 18.5 Å². The molecule has 0 spiro atoms. The molecule has 1 atom stereocenters. The summed E-state index contributed by atoms with van der Waals surface area (Å²) >= 11 is 3.37. The van der Waals surface area contributed by atoms with E-state index in [2.05, 4.69) is 26.6 Å². The van der Waals surface area contributed by atoms with Crippen LogP contribution in [0.15, 0.2) is 53.0 Å². The minimum Gasteiger partial charge on any atom is -0.374 e. The SMILES string of the molecule is CC(Nc1ccc(Br)cc1)C(=O)NCCc1ccc(F)cc1. The van der Waals surface area contributed by atoms with Crippen LogP contribution in [0, 0.1) is 5.82 Å². The van der Waals surface area contributed by atoms with E-state index < -0.39 is 0 Å². The quantitative estimate of drug-likeness (QED) is 0.819. The zero-order chi connectivity index (χ0) is 15.9. The second kappa shape index (κ2) is 7.94. The summed E-state index contributed by atoms with van der Waals surface area (Å²) in [6, 6.07) is 13.6. The summed E-state index contributed by atoms with van der Waals surface area (Å²) in [5.41, 5.74) is 1.89. The third-order valence-corrected chi connectivity index (χ3v) is 3.78. The van der Waals surface area contributed by atoms with Crippen molar-refractivity contribution in [1.29, 1.82) is 0 Å². The molecule has 0 saturated carbocycles. The lowest BCUT2D eigenvalue weighted by molar-refractivity contribution is -0.121. The maximum atomic E-state index is 12.8. The molecule has 1 amide bonds. The number of carbonyl (C=O) groups is 1. The van der Waals surface area contributed by atoms with Gasteiger partial charge in [-0.1, -0.05) is 28.1 Å². The molecule has 116 valence electrons. The number of carbonyl (C=O) groups excluding carboxylic acids is 1. The van der Waals surface area contributed by atoms with Gasteiger partial charge in [-0.2, -0.15) is 0 Å². The van der Waals surface area contributed by atoms with Gasteiger partial charge >= 0.3 is 0 Å². The maximum Gasteiger partial charge on any atom is 0.242 e. The molecule has 0 saturated heterocycles. The predicted molar refractivity (Wildman–Crippen MR) is 90.3 cm³/mol. The number of rotatable bonds is 6. The lowest BCUT2D eigenvalue weighted by atomic mass is 10.1. The van der Waals surface area contributed by atoms with Crippen molar-refractivity contribution in [2.45, 2.75) is 19.4 Å². The molecule has 2 aromatic carbocycles. The molecule has 0 fully saturated rings. The van der Waals surface area contributed by atoms with Crippen molar-refractivity contribution in [3.63, 3.8) is 0 Å². The number of anilines is 1. The third-order valence-electron chi connectivity index (χ3n) is 3.25. The molecule has 0 radical (unpaired) electrons. The van der Waals surface area contributed by atoms with Crippen LogP contribution in [0.25, 0.3) is 0 Å². The van der Waals surface area contributed by atoms with E-state index >= 15 is 0 Å². The van der Waals surface area contributed by atoms with Gasteiger partial charge in [-0.05, 0) is 55.3 Å². The van der Waals surface area contributed by atoms with Crippen molar-refractivity contribution in [1.82, 2.24) is 5.32 Å². The topological polar surface area (TPSA) is 41.1 Å². The van der Waals surface area contributed by atoms with Gasteiger partial charge in [-0.25, -0.2) is 4.39 Å². The standard InChI is InChI=1S/C17H18BrFN2O/c1-12(21-16-8-4-14(18)5-9-16)17(22)20-11-10-13-2-6-15(19)7-3-13/h2-9,12,21H,10-11H2,1H3,(H,20,22). The van der Waals surface area contributed by atoms with Crippen LogP contribution in [0.5, 0.6) is 0 Å². The number of hydrogen-bond donors (Lipinski definition) is 2. The Bertz CT molecular complexity index is 614. The van der Waals surface area contributed by atoms with Crippen molar-refractivity contribution in [2.24, 2.45) is 0 Å². The molecule has 0 aliphatic rings. The van der Waals surface area contributed by atoms with Gasteiger partial charge in [0.25, 0.3) is 0 Å². The lowest BCUT2D eigenvalue weighted by Gasteiger charge is -2.15. The smallest absolute Gasteiger partial charge is 0.242 e. The Morgan fingerprint density at radius 2 is 1.77 bits per heavy atom. The van der Waals surface area contributed by atoms with Crippen LogP contribution >= 0.6 is 15.9 Å². The van der Waals surface area contributed by atoms with Crippen LogP contribution in [0.1, 0.15) is 12.5 Å². The Hall–Kier alpha value is -1.88. The van der Waals surface area contributed by atoms with Gasteiger partial charge in [0.05, 0.1) is 0 Å². The van der Waals surface area contributed by atoms with Gasteiger partial charge in [-0.3, -0.25) is 4.79 Å². The van der Waals surface area contributed by atoms with E-state index in [9.17, 15) is 9.18 Å². The summed E-state index contributed by atoms with van der Waals surface area (Å²) in [6.45, 7) is 2.34. The summed E-state index contributed by atoms with van der Waals surface area (Å²) in [5, 5.41) is 6.02. The Labute approximate surface area is 138 Å². The van der Waals surface area contributed by atoms with E-state index in [4.69, 9.17) is 0 Å². The van der Waals surface area contributed by atoms with E-state index in [-0.39, 0.29) is 17.8 Å². The fourth-order valence-corrected chi connectivity index (χ4v) is 2.26. The largest absolute Gasteiger partial charge is 0.374 e. The fraction of sp³-hybridized carbons (Fsp3) is 0.235. The minimum atomic E-state index is -0.325. The highest BCUT2D eigenvalue weighted by atomic mass is 79.9. The summed E-state index contributed by atoms with van der Waals surface area (Å²) < 4.78 is 13.8. The van der Waals surface area contributed by atoms with E-state index in [1.54, 1.807) is 12.1 Å². The van der Waals surface area contributed by atoms with Gasteiger partial charge in [0, 0.05) is 16.7 Å². The monoisotopic (exact) mass is 364 g/mol. The number of hydrogen-bond acceptors (Lipinski definition) is 2. The van der Waals surface area contributed by atoms with E-state index in [1.165, 1.54) is 12.1 Å². The minimum absolute atomic E-state index is 0.0648. The van der Waals surface area contributed by atoms with E-state index in [1.807, 2.05) is 31.2 Å². The number of halogens is 2. The van der Waals surface area contributed by atoms with Gasteiger partial charge < -0.3 is 10.6 Å². The van der Waals surface area contributed by atoms with Crippen LogP contribution < -0.4 is 10.6 Å². The van der Waals surface area contributed by atoms with E-state index in [0.717, 1.165) is 15.7 Å². The average Bonchev–Trinajstić information content (AvgIpc) is 2.51. The summed E-state index contributed by atoms with van der Waals surface area (Å²) in [6.07, 6.45) is 0.678. The van der Waals surface area contributed by atoms with Crippen molar-refractivity contribution < 1.29 is 9.18 Å². The van der Waals surface area contributed by atoms with Gasteiger partial charge in [0.1, 0.15) is 11.9 Å². The molecule has 2 N–H and O–H groups in total. The van der Waals surface area contributed by atoms with Gasteiger partial charge in [0.2, 0.25) is 5.91 Å². The highest BCUT2D eigenvalue weighted by Gasteiger charge is 2.11. The molecular formula is C17H18BrFN2O. The van der Waals surface area contributed by atoms with Crippen LogP contribution in [-0.2, 0) is 11.2 Å². The first-order valence-corrected chi connectivity index (χ1v) is 7.88. The van der Waals surface area contributed by atoms with Crippen LogP contribution in [0.2, 0.25) is 0 Å². The molecule has 2 rings (SSSR count). The summed E-state index contributed by atoms with van der Waals surface area (Å²) in [7, 11) is 0. The van der Waals surface area contributed by atoms with Crippen LogP contribution in [0.3, 0.4) is 0 Å². The third kappa shape index (κ3) is 5.15. The zero-order valence-electron chi connectivity index (χ0n) is 12.3. The van der Waals surface area contributed by atoms with Crippen molar-refractivity contribution in [3.05, 3.63) is 64.4 Å². The first-order valence-electron chi connectivity index (χ1n) is 7.09. The summed E-state index contributed by atoms with van der Waals surface area (Å²) in [5.74, 6) is -0.315. The van der Waals surface area contributed by atoms with Gasteiger partial charge in [0.15, 0.2) is 0 Å². The molecule has 5 heteroatoms. The zero-order valence-corrected chi connectivity index (χ0v) is 13.9. The Morgan fingerprint density at radius 1 is 1.14 bits per heavy atom. The lowest BCUT2D eigenvalue weighted by Crippen LogP contribution is -2.38. The first kappa shape index (κ1) is 16.5. The van der Waals surface area contributed by atoms with Gasteiger partial charge in [-0.15, -0.1) is 0 Å². The predicted octanol–water partition coefficient (Wildman–Crippen LogP) is 3.75. The molecule has 22 heavy (non-hydrogen) atoms. The van der Waals surface area contributed by atoms with Crippen molar-refractivity contribution >= 4 is 27.5 Å². The summed E-state index contributed by atoms with van der Waals surface area (Å²) in [4.78, 5) is 12.0. The highest BCUT2D eigenvalue weighted by molar-refractivity contribution is 9.10. The fourth-order valence-electron chi connectivity index (χ4n) is 2.00. The molecule has 2 aromatic rings. The number of benzene rings is 2. The second-order valence-electron chi connectivity index (χ2n) is 5.04. The van der Waals surface area contributed by atoms with Crippen molar-refractivity contribution in [3.8, 4) is 0 Å². The second-order valence-corrected chi connectivity index (χ2v) is 5.96.